The van der Waals surface area contributed by atoms with E-state index >= 15 is 0 Å². The summed E-state index contributed by atoms with van der Waals surface area (Å²) < 4.78 is 45.2. The molecule has 1 aliphatic rings. The van der Waals surface area contributed by atoms with Crippen molar-refractivity contribution in [3.8, 4) is 0 Å². The number of halogens is 3. The summed E-state index contributed by atoms with van der Waals surface area (Å²) in [6.07, 6.45) is -2.63. The van der Waals surface area contributed by atoms with Crippen LogP contribution in [0.15, 0.2) is 18.2 Å². The molecule has 1 radical (unpaired) electrons. The standard InChI is InChI=1S/C18H27F3NO2Si/c1-17(2,3)25(4)24-15-7-9-22(10-8-15)16-11-14(18(19,20)21)6-5-13(16)12-23/h5-6,11,15,23H,7-10,12H2,1-4H3. The predicted molar refractivity (Wildman–Crippen MR) is 95.0 cm³/mol. The fourth-order valence-electron chi connectivity index (χ4n) is 2.81. The summed E-state index contributed by atoms with van der Waals surface area (Å²) in [5.74, 6) is 0. The van der Waals surface area contributed by atoms with Crippen molar-refractivity contribution in [2.75, 3.05) is 18.0 Å². The zero-order valence-electron chi connectivity index (χ0n) is 15.3. The first-order valence-corrected chi connectivity index (χ1v) is 10.5. The lowest BCUT2D eigenvalue weighted by Crippen LogP contribution is -2.41. The van der Waals surface area contributed by atoms with Crippen LogP contribution in [0.1, 0.15) is 44.7 Å². The first kappa shape index (κ1) is 20.3. The van der Waals surface area contributed by atoms with E-state index in [1.165, 1.54) is 6.07 Å². The fourth-order valence-corrected chi connectivity index (χ4v) is 3.90. The highest BCUT2D eigenvalue weighted by Crippen LogP contribution is 2.35. The minimum Gasteiger partial charge on any atom is -0.413 e. The van der Waals surface area contributed by atoms with Gasteiger partial charge in [-0.25, -0.2) is 0 Å². The van der Waals surface area contributed by atoms with Crippen LogP contribution in [0.3, 0.4) is 0 Å². The fraction of sp³-hybridized carbons (Fsp3) is 0.667. The van der Waals surface area contributed by atoms with Gasteiger partial charge in [-0.1, -0.05) is 26.8 Å². The summed E-state index contributed by atoms with van der Waals surface area (Å²) in [7, 11) is -0.931. The molecule has 25 heavy (non-hydrogen) atoms. The van der Waals surface area contributed by atoms with E-state index in [2.05, 4.69) is 27.3 Å². The van der Waals surface area contributed by atoms with Gasteiger partial charge < -0.3 is 14.4 Å². The van der Waals surface area contributed by atoms with Gasteiger partial charge >= 0.3 is 6.18 Å². The molecule has 1 aliphatic heterocycles. The number of aliphatic hydroxyl groups excluding tert-OH is 1. The number of anilines is 1. The van der Waals surface area contributed by atoms with Crippen LogP contribution >= 0.6 is 0 Å². The van der Waals surface area contributed by atoms with Crippen molar-refractivity contribution in [1.82, 2.24) is 0 Å². The van der Waals surface area contributed by atoms with Crippen molar-refractivity contribution < 1.29 is 22.7 Å². The molecule has 3 nitrogen and oxygen atoms in total. The molecule has 0 saturated carbocycles. The van der Waals surface area contributed by atoms with Gasteiger partial charge in [0.05, 0.1) is 12.2 Å². The van der Waals surface area contributed by atoms with Crippen LogP contribution < -0.4 is 4.90 Å². The Labute approximate surface area is 149 Å². The Morgan fingerprint density at radius 2 is 1.80 bits per heavy atom. The van der Waals surface area contributed by atoms with Crippen molar-refractivity contribution in [3.05, 3.63) is 29.3 Å². The third-order valence-electron chi connectivity index (χ3n) is 4.77. The van der Waals surface area contributed by atoms with Crippen molar-refractivity contribution >= 4 is 14.7 Å². The maximum Gasteiger partial charge on any atom is 0.416 e. The largest absolute Gasteiger partial charge is 0.416 e. The van der Waals surface area contributed by atoms with Crippen molar-refractivity contribution in [2.24, 2.45) is 0 Å². The van der Waals surface area contributed by atoms with Crippen LogP contribution in [-0.4, -0.2) is 33.3 Å². The van der Waals surface area contributed by atoms with Crippen molar-refractivity contribution in [1.29, 1.82) is 0 Å². The number of alkyl halides is 3. The molecule has 1 heterocycles. The maximum absolute atomic E-state index is 13.0. The Morgan fingerprint density at radius 1 is 1.20 bits per heavy atom. The van der Waals surface area contributed by atoms with Gasteiger partial charge in [-0.2, -0.15) is 13.2 Å². The van der Waals surface area contributed by atoms with E-state index in [-0.39, 0.29) is 17.7 Å². The lowest BCUT2D eigenvalue weighted by Gasteiger charge is -2.37. The molecule has 141 valence electrons. The molecular weight excluding hydrogens is 347 g/mol. The molecule has 7 heteroatoms. The third-order valence-corrected chi connectivity index (χ3v) is 7.56. The second-order valence-electron chi connectivity index (χ2n) is 7.61. The van der Waals surface area contributed by atoms with Crippen molar-refractivity contribution in [3.63, 3.8) is 0 Å². The highest BCUT2D eigenvalue weighted by molar-refractivity contribution is 6.53. The van der Waals surface area contributed by atoms with E-state index in [9.17, 15) is 18.3 Å². The van der Waals surface area contributed by atoms with Gasteiger partial charge in [0.2, 0.25) is 9.04 Å². The molecule has 0 aliphatic carbocycles. The lowest BCUT2D eigenvalue weighted by molar-refractivity contribution is -0.137. The quantitative estimate of drug-likeness (QED) is 0.782. The van der Waals surface area contributed by atoms with E-state index in [0.29, 0.717) is 24.3 Å². The molecule has 1 fully saturated rings. The van der Waals surface area contributed by atoms with E-state index in [1.54, 1.807) is 0 Å². The summed E-state index contributed by atoms with van der Waals surface area (Å²) in [6, 6.07) is 3.55. The van der Waals surface area contributed by atoms with Gasteiger partial charge in [0.15, 0.2) is 0 Å². The van der Waals surface area contributed by atoms with Crippen LogP contribution in [-0.2, 0) is 17.2 Å². The minimum atomic E-state index is -4.38. The number of nitrogens with zero attached hydrogens (tertiary/aromatic N) is 1. The lowest BCUT2D eigenvalue weighted by atomic mass is 10.0. The number of aliphatic hydroxyl groups is 1. The van der Waals surface area contributed by atoms with Gasteiger partial charge in [-0.3, -0.25) is 0 Å². The zero-order valence-corrected chi connectivity index (χ0v) is 16.3. The summed E-state index contributed by atoms with van der Waals surface area (Å²) in [6.45, 7) is 9.69. The van der Waals surface area contributed by atoms with Gasteiger partial charge in [-0.05, 0) is 36.6 Å². The molecule has 1 aromatic carbocycles. The van der Waals surface area contributed by atoms with E-state index in [4.69, 9.17) is 4.43 Å². The Kier molecular flexibility index (Phi) is 6.22. The van der Waals surface area contributed by atoms with Crippen LogP contribution in [0.25, 0.3) is 0 Å². The monoisotopic (exact) mass is 374 g/mol. The molecule has 0 spiro atoms. The molecule has 1 saturated heterocycles. The van der Waals surface area contributed by atoms with Gasteiger partial charge in [0, 0.05) is 30.4 Å². The first-order valence-electron chi connectivity index (χ1n) is 8.59. The highest BCUT2D eigenvalue weighted by Gasteiger charge is 2.33. The summed E-state index contributed by atoms with van der Waals surface area (Å²) in [4.78, 5) is 1.93. The number of piperidine rings is 1. The molecule has 0 amide bonds. The SMILES string of the molecule is C[Si](OC1CCN(c2cc(C(F)(F)F)ccc2CO)CC1)C(C)(C)C. The topological polar surface area (TPSA) is 32.7 Å². The van der Waals surface area contributed by atoms with Crippen LogP contribution in [0.5, 0.6) is 0 Å². The first-order chi connectivity index (χ1) is 11.5. The summed E-state index contributed by atoms with van der Waals surface area (Å²) >= 11 is 0. The molecule has 1 N–H and O–H groups in total. The van der Waals surface area contributed by atoms with Crippen LogP contribution in [0.2, 0.25) is 11.6 Å². The number of rotatable bonds is 4. The van der Waals surface area contributed by atoms with Crippen LogP contribution in [0, 0.1) is 0 Å². The predicted octanol–water partition coefficient (Wildman–Crippen LogP) is 4.60. The third kappa shape index (κ3) is 5.21. The summed E-state index contributed by atoms with van der Waals surface area (Å²) in [5.41, 5.74) is 0.334. The molecule has 0 aromatic heterocycles. The molecule has 2 rings (SSSR count). The Hall–Kier alpha value is -1.05. The average molecular weight is 374 g/mol. The van der Waals surface area contributed by atoms with Crippen LogP contribution in [0.4, 0.5) is 18.9 Å². The normalized spacial score (nSPS) is 17.4. The second kappa shape index (κ2) is 7.68. The smallest absolute Gasteiger partial charge is 0.413 e. The molecule has 0 unspecified atom stereocenters. The Balaban J connectivity index is 2.07. The minimum absolute atomic E-state index is 0.160. The van der Waals surface area contributed by atoms with Gasteiger partial charge in [0.1, 0.15) is 0 Å². The van der Waals surface area contributed by atoms with Gasteiger partial charge in [0.25, 0.3) is 0 Å². The molecule has 0 bridgehead atoms. The summed E-state index contributed by atoms with van der Waals surface area (Å²) in [5, 5.41) is 9.63. The van der Waals surface area contributed by atoms with Gasteiger partial charge in [-0.15, -0.1) is 0 Å². The molecule has 1 aromatic rings. The second-order valence-corrected chi connectivity index (χ2v) is 10.5. The molecular formula is C18H27F3NO2Si. The Bertz CT molecular complexity index is 579. The number of hydrogen-bond donors (Lipinski definition) is 1. The number of benzene rings is 1. The van der Waals surface area contributed by atoms with E-state index in [1.807, 2.05) is 4.90 Å². The maximum atomic E-state index is 13.0. The average Bonchev–Trinajstić information content (AvgIpc) is 2.53. The Morgan fingerprint density at radius 3 is 2.28 bits per heavy atom. The highest BCUT2D eigenvalue weighted by atomic mass is 28.3. The molecule has 0 atom stereocenters. The van der Waals surface area contributed by atoms with Crippen molar-refractivity contribution in [2.45, 2.75) is 64.1 Å². The number of hydrogen-bond acceptors (Lipinski definition) is 3. The zero-order chi connectivity index (χ0) is 18.8. The van der Waals surface area contributed by atoms with E-state index in [0.717, 1.165) is 25.0 Å². The van der Waals surface area contributed by atoms with E-state index < -0.39 is 20.8 Å².